The van der Waals surface area contributed by atoms with Crippen molar-refractivity contribution >= 4 is 33.0 Å². The lowest BCUT2D eigenvalue weighted by atomic mass is 10.3. The highest BCUT2D eigenvalue weighted by atomic mass is 32.2. The fourth-order valence-corrected chi connectivity index (χ4v) is 4.02. The van der Waals surface area contributed by atoms with Gasteiger partial charge >= 0.3 is 0 Å². The molecule has 0 radical (unpaired) electrons. The number of methoxy groups -OCH3 is 2. The molecule has 1 amide bonds. The minimum Gasteiger partial charge on any atom is -0.497 e. The fourth-order valence-electron chi connectivity index (χ4n) is 2.27. The average Bonchev–Trinajstić information content (AvgIpc) is 3.22. The molecule has 1 heterocycles. The van der Waals surface area contributed by atoms with Crippen LogP contribution in [0, 0.1) is 0 Å². The van der Waals surface area contributed by atoms with Crippen molar-refractivity contribution in [2.24, 2.45) is 0 Å². The second-order valence-electron chi connectivity index (χ2n) is 5.68. The number of hydrogen-bond acceptors (Lipinski definition) is 8. The van der Waals surface area contributed by atoms with Crippen molar-refractivity contribution in [3.63, 3.8) is 0 Å². The van der Waals surface area contributed by atoms with Gasteiger partial charge in [-0.2, -0.15) is 0 Å². The normalized spacial score (nSPS) is 11.1. The molecule has 0 atom stereocenters. The molecule has 1 aromatic heterocycles. The highest BCUT2D eigenvalue weighted by Gasteiger charge is 2.17. The zero-order chi connectivity index (χ0) is 20.9. The summed E-state index contributed by atoms with van der Waals surface area (Å²) in [6, 6.07) is 12.8. The second-order valence-corrected chi connectivity index (χ2v) is 8.51. The Kier molecular flexibility index (Phi) is 6.42. The zero-order valence-electron chi connectivity index (χ0n) is 15.6. The Morgan fingerprint density at radius 2 is 1.55 bits per heavy atom. The van der Waals surface area contributed by atoms with Gasteiger partial charge in [0.05, 0.1) is 25.7 Å². The summed E-state index contributed by atoms with van der Waals surface area (Å²) in [4.78, 5) is 12.4. The maximum atomic E-state index is 12.4. The molecule has 11 heteroatoms. The van der Waals surface area contributed by atoms with Crippen LogP contribution in [-0.4, -0.2) is 38.7 Å². The number of nitrogens with one attached hydrogen (secondary N) is 2. The number of anilines is 1. The van der Waals surface area contributed by atoms with Gasteiger partial charge < -0.3 is 14.8 Å². The monoisotopic (exact) mass is 434 g/mol. The molecule has 2 N–H and O–H groups in total. The topological polar surface area (TPSA) is 120 Å². The number of ether oxygens (including phenoxy) is 2. The average molecular weight is 434 g/mol. The third-order valence-electron chi connectivity index (χ3n) is 3.79. The lowest BCUT2D eigenvalue weighted by Crippen LogP contribution is -2.23. The lowest BCUT2D eigenvalue weighted by Gasteiger charge is -2.06. The molecule has 3 aromatic rings. The van der Waals surface area contributed by atoms with Gasteiger partial charge in [-0.25, -0.2) is 13.1 Å². The van der Waals surface area contributed by atoms with Crippen molar-refractivity contribution < 1.29 is 22.7 Å². The van der Waals surface area contributed by atoms with Crippen molar-refractivity contribution in [1.29, 1.82) is 0 Å². The van der Waals surface area contributed by atoms with E-state index < -0.39 is 15.9 Å². The smallest absolute Gasteiger partial charge is 0.286 e. The van der Waals surface area contributed by atoms with Gasteiger partial charge in [0.1, 0.15) is 16.5 Å². The molecule has 152 valence electrons. The molecule has 0 aliphatic rings. The van der Waals surface area contributed by atoms with Crippen LogP contribution in [0.15, 0.2) is 53.4 Å². The lowest BCUT2D eigenvalue weighted by molar-refractivity contribution is 0.102. The maximum Gasteiger partial charge on any atom is 0.286 e. The number of benzene rings is 2. The van der Waals surface area contributed by atoms with Gasteiger partial charge in [-0.1, -0.05) is 11.3 Å². The molecule has 0 bridgehead atoms. The van der Waals surface area contributed by atoms with Crippen LogP contribution < -0.4 is 19.5 Å². The van der Waals surface area contributed by atoms with E-state index in [0.717, 1.165) is 11.3 Å². The van der Waals surface area contributed by atoms with E-state index in [1.54, 1.807) is 43.5 Å². The molecule has 3 rings (SSSR count). The number of carbonyl (C=O) groups is 1. The maximum absolute atomic E-state index is 12.4. The number of amides is 1. The number of aromatic nitrogens is 2. The van der Waals surface area contributed by atoms with Crippen LogP contribution in [0.1, 0.15) is 14.8 Å². The van der Waals surface area contributed by atoms with Gasteiger partial charge in [-0.3, -0.25) is 4.79 Å². The molecule has 29 heavy (non-hydrogen) atoms. The first-order valence-electron chi connectivity index (χ1n) is 8.33. The molecular weight excluding hydrogens is 416 g/mol. The Morgan fingerprint density at radius 1 is 0.966 bits per heavy atom. The molecule has 2 aromatic carbocycles. The third-order valence-corrected chi connectivity index (χ3v) is 6.13. The number of hydrogen-bond donors (Lipinski definition) is 2. The highest BCUT2D eigenvalue weighted by Crippen LogP contribution is 2.18. The predicted molar refractivity (Wildman–Crippen MR) is 108 cm³/mol. The Morgan fingerprint density at radius 3 is 2.14 bits per heavy atom. The molecule has 0 unspecified atom stereocenters. The number of sulfonamides is 1. The molecule has 0 spiro atoms. The van der Waals surface area contributed by atoms with Crippen LogP contribution in [0.4, 0.5) is 5.69 Å². The van der Waals surface area contributed by atoms with E-state index in [9.17, 15) is 13.2 Å². The first kappa shape index (κ1) is 20.7. The van der Waals surface area contributed by atoms with Crippen molar-refractivity contribution in [1.82, 2.24) is 14.9 Å². The van der Waals surface area contributed by atoms with Gasteiger partial charge in [0.2, 0.25) is 15.0 Å². The summed E-state index contributed by atoms with van der Waals surface area (Å²) in [6.07, 6.45) is 0. The molecule has 0 aliphatic carbocycles. The van der Waals surface area contributed by atoms with Crippen LogP contribution in [0.25, 0.3) is 0 Å². The van der Waals surface area contributed by atoms with Crippen LogP contribution in [0.2, 0.25) is 0 Å². The summed E-state index contributed by atoms with van der Waals surface area (Å²) >= 11 is 1.00. The standard InChI is InChI=1S/C18H18N4O5S2/c1-26-13-5-3-12(4-6-13)20-17(23)18-22-21-16(28-18)11-19-29(24,25)15-9-7-14(27-2)8-10-15/h3-10,19H,11H2,1-2H3,(H,20,23). The van der Waals surface area contributed by atoms with E-state index >= 15 is 0 Å². The molecule has 9 nitrogen and oxygen atoms in total. The van der Waals surface area contributed by atoms with E-state index in [1.807, 2.05) is 0 Å². The summed E-state index contributed by atoms with van der Waals surface area (Å²) in [7, 11) is -0.674. The van der Waals surface area contributed by atoms with Crippen molar-refractivity contribution in [2.45, 2.75) is 11.4 Å². The molecule has 0 aliphatic heterocycles. The summed E-state index contributed by atoms with van der Waals surface area (Å²) in [5.41, 5.74) is 0.577. The van der Waals surface area contributed by atoms with E-state index in [-0.39, 0.29) is 16.4 Å². The van der Waals surface area contributed by atoms with E-state index in [2.05, 4.69) is 20.2 Å². The van der Waals surface area contributed by atoms with Crippen molar-refractivity contribution in [3.05, 3.63) is 58.5 Å². The fraction of sp³-hybridized carbons (Fsp3) is 0.167. The summed E-state index contributed by atoms with van der Waals surface area (Å²) in [6.45, 7) is -0.0815. The van der Waals surface area contributed by atoms with Gasteiger partial charge in [0.25, 0.3) is 5.91 Å². The Labute approximate surface area is 171 Å². The molecular formula is C18H18N4O5S2. The Hall–Kier alpha value is -3.02. The van der Waals surface area contributed by atoms with Gasteiger partial charge in [0, 0.05) is 5.69 Å². The summed E-state index contributed by atoms with van der Waals surface area (Å²) in [5, 5.41) is 10.9. The first-order chi connectivity index (χ1) is 13.9. The predicted octanol–water partition coefficient (Wildman–Crippen LogP) is 2.29. The Balaban J connectivity index is 1.60. The SMILES string of the molecule is COc1ccc(NC(=O)c2nnc(CNS(=O)(=O)c3ccc(OC)cc3)s2)cc1. The third kappa shape index (κ3) is 5.28. The van der Waals surface area contributed by atoms with Crippen LogP contribution >= 0.6 is 11.3 Å². The van der Waals surface area contributed by atoms with Crippen LogP contribution in [-0.2, 0) is 16.6 Å². The van der Waals surface area contributed by atoms with Gasteiger partial charge in [0.15, 0.2) is 0 Å². The van der Waals surface area contributed by atoms with Crippen molar-refractivity contribution in [3.8, 4) is 11.5 Å². The van der Waals surface area contributed by atoms with E-state index in [0.29, 0.717) is 22.2 Å². The molecule has 0 saturated carbocycles. The first-order valence-corrected chi connectivity index (χ1v) is 10.6. The molecule has 0 fully saturated rings. The quantitative estimate of drug-likeness (QED) is 0.558. The van der Waals surface area contributed by atoms with E-state index in [1.165, 1.54) is 19.2 Å². The van der Waals surface area contributed by atoms with Crippen LogP contribution in [0.3, 0.4) is 0 Å². The highest BCUT2D eigenvalue weighted by molar-refractivity contribution is 7.89. The van der Waals surface area contributed by atoms with Gasteiger partial charge in [-0.15, -0.1) is 10.2 Å². The van der Waals surface area contributed by atoms with Gasteiger partial charge in [-0.05, 0) is 48.5 Å². The minimum atomic E-state index is -3.73. The number of rotatable bonds is 8. The second kappa shape index (κ2) is 8.99. The largest absolute Gasteiger partial charge is 0.497 e. The van der Waals surface area contributed by atoms with Crippen molar-refractivity contribution in [2.75, 3.05) is 19.5 Å². The Bertz CT molecular complexity index is 1080. The number of nitrogens with zero attached hydrogens (tertiary/aromatic N) is 2. The molecule has 0 saturated heterocycles. The summed E-state index contributed by atoms with van der Waals surface area (Å²) in [5.74, 6) is 0.794. The zero-order valence-corrected chi connectivity index (χ0v) is 17.2. The van der Waals surface area contributed by atoms with E-state index in [4.69, 9.17) is 9.47 Å². The number of carbonyl (C=O) groups excluding carboxylic acids is 1. The summed E-state index contributed by atoms with van der Waals surface area (Å²) < 4.78 is 37.2. The van der Waals surface area contributed by atoms with Crippen LogP contribution in [0.5, 0.6) is 11.5 Å². The minimum absolute atomic E-state index is 0.0815.